The van der Waals surface area contributed by atoms with Crippen molar-refractivity contribution >= 4 is 0 Å². The average molecular weight is 1920 g/mol. The highest BCUT2D eigenvalue weighted by molar-refractivity contribution is 5.35. The van der Waals surface area contributed by atoms with Crippen molar-refractivity contribution in [1.29, 1.82) is 0 Å². The minimum absolute atomic E-state index is 0.157. The van der Waals surface area contributed by atoms with Gasteiger partial charge in [-0.3, -0.25) is 0 Å². The van der Waals surface area contributed by atoms with Crippen LogP contribution in [0.2, 0.25) is 0 Å². The van der Waals surface area contributed by atoms with Crippen molar-refractivity contribution in [2.75, 3.05) is 46.2 Å². The van der Waals surface area contributed by atoms with Crippen molar-refractivity contribution in [1.82, 2.24) is 0 Å². The Morgan fingerprint density at radius 3 is 0.623 bits per heavy atom. The molecule has 7 aliphatic carbocycles. The van der Waals surface area contributed by atoms with E-state index in [1.807, 2.05) is 177 Å². The van der Waals surface area contributed by atoms with Crippen LogP contribution in [0.5, 0.6) is 40.2 Å². The predicted molar refractivity (Wildman–Crippen MR) is 552 cm³/mol. The third-order valence-corrected chi connectivity index (χ3v) is 28.3. The van der Waals surface area contributed by atoms with Gasteiger partial charge in [0.05, 0.1) is 126 Å². The van der Waals surface area contributed by atoms with Crippen LogP contribution >= 0.6 is 0 Å². The van der Waals surface area contributed by atoms with Crippen molar-refractivity contribution in [2.45, 2.75) is 397 Å². The molecule has 20 nitrogen and oxygen atoms in total. The van der Waals surface area contributed by atoms with Crippen molar-refractivity contribution < 1.29 is 99.5 Å². The molecule has 20 heteroatoms. The molecule has 0 aromatic heterocycles. The first-order valence-electron chi connectivity index (χ1n) is 53.9. The minimum Gasteiger partial charge on any atom is -0.493 e. The normalized spacial score (nSPS) is 23.6. The number of hydrogen-bond donors (Lipinski definition) is 13. The molecule has 7 aromatic rings. The Morgan fingerprint density at radius 1 is 0.217 bits per heavy atom. The van der Waals surface area contributed by atoms with Gasteiger partial charge < -0.3 is 99.5 Å². The Hall–Kier alpha value is -7.38. The lowest BCUT2D eigenvalue weighted by Crippen LogP contribution is -2.29. The lowest BCUT2D eigenvalue weighted by molar-refractivity contribution is 0.0419. The zero-order valence-corrected chi connectivity index (χ0v) is 85.0. The van der Waals surface area contributed by atoms with Crippen molar-refractivity contribution in [2.24, 2.45) is 41.4 Å². The molecule has 7 aromatic carbocycles. The summed E-state index contributed by atoms with van der Waals surface area (Å²) in [5.74, 6) is 8.73. The number of hydrogen-bond acceptors (Lipinski definition) is 20. The molecule has 7 saturated carbocycles. The highest BCUT2D eigenvalue weighted by Crippen LogP contribution is 2.37. The Labute approximate surface area is 829 Å². The molecule has 0 heterocycles. The predicted octanol–water partition coefficient (Wildman–Crippen LogP) is 24.8. The minimum atomic E-state index is -0.413. The van der Waals surface area contributed by atoms with Crippen LogP contribution in [0.3, 0.4) is 0 Å². The van der Waals surface area contributed by atoms with Crippen LogP contribution in [-0.4, -0.2) is 149 Å². The Balaban J connectivity index is 0.000000198. The molecule has 0 bridgehead atoms. The molecule has 138 heavy (non-hydrogen) atoms. The van der Waals surface area contributed by atoms with Crippen molar-refractivity contribution in [3.63, 3.8) is 0 Å². The molecular weight excluding hydrogens is 1740 g/mol. The molecule has 0 amide bonds. The van der Waals surface area contributed by atoms with Gasteiger partial charge in [-0.25, -0.2) is 0 Å². The third kappa shape index (κ3) is 45.1. The molecule has 7 aliphatic rings. The zero-order chi connectivity index (χ0) is 99.0. The molecular formula is C118H180O20. The molecule has 0 spiro atoms. The summed E-state index contributed by atoms with van der Waals surface area (Å²) < 4.78 is 40.9. The van der Waals surface area contributed by atoms with Gasteiger partial charge in [-0.05, 0) is 314 Å². The first kappa shape index (κ1) is 116. The lowest BCUT2D eigenvalue weighted by Gasteiger charge is -2.27. The van der Waals surface area contributed by atoms with Crippen molar-refractivity contribution in [3.05, 3.63) is 209 Å². The van der Waals surface area contributed by atoms with E-state index in [1.165, 1.54) is 44.9 Å². The fourth-order valence-electron chi connectivity index (χ4n) is 19.8. The molecule has 0 aliphatic heterocycles. The monoisotopic (exact) mass is 1920 g/mol. The fraction of sp³-hybridized carbons (Fsp3) is 0.644. The standard InChI is InChI=1S/6C17H26O3.C16H24O2/c4*1-2-5-17(19)14-7-4-9-16(11-14)20-12-13-6-3-8-15(18)10-13;2*1-2-6-16(18)13-8-5-9-15(11-13)20-12-14-7-3-4-10-17(14)19;1-2-16(17)14-9-6-10-15(11-14)18-12-13-7-4-3-5-8-13/h4*4,7,9,11,13,15,17-19H,2-3,5-6,8,10,12H2,1H3;2*5,8-9,11,14,16-19H,2-4,6-7,10,12H2,1H3;6,9-11,13,16-17H,2-5,7-8,12H2,1H3/t13-,15+,17+;13-,15+,17-;13-,15-,17+;13-,15-,17-;14-,16+,17-;14-,16-,17+;/m010101./s1. The van der Waals surface area contributed by atoms with E-state index in [-0.39, 0.29) is 54.6 Å². The number of benzene rings is 7. The highest BCUT2D eigenvalue weighted by Gasteiger charge is 2.29. The molecule has 0 radical (unpaired) electrons. The second kappa shape index (κ2) is 67.2. The topological polar surface area (TPSA) is 328 Å². The maximum absolute atomic E-state index is 10.0. The Bertz CT molecular complexity index is 3900. The van der Waals surface area contributed by atoms with Gasteiger partial charge >= 0.3 is 0 Å². The summed E-state index contributed by atoms with van der Waals surface area (Å²) >= 11 is 0. The summed E-state index contributed by atoms with van der Waals surface area (Å²) in [6.45, 7) is 19.0. The van der Waals surface area contributed by atoms with E-state index >= 15 is 0 Å². The highest BCUT2D eigenvalue weighted by atomic mass is 16.5. The maximum atomic E-state index is 10.0. The van der Waals surface area contributed by atoms with Crippen LogP contribution in [0.15, 0.2) is 170 Å². The first-order chi connectivity index (χ1) is 66.9. The first-order valence-corrected chi connectivity index (χ1v) is 53.9. The lowest BCUT2D eigenvalue weighted by atomic mass is 9.87. The summed E-state index contributed by atoms with van der Waals surface area (Å²) in [5.41, 5.74) is 6.47. The molecule has 0 saturated heterocycles. The largest absolute Gasteiger partial charge is 0.493 e. The van der Waals surface area contributed by atoms with Crippen molar-refractivity contribution in [3.8, 4) is 40.2 Å². The van der Waals surface area contributed by atoms with Crippen LogP contribution in [0.4, 0.5) is 0 Å². The van der Waals surface area contributed by atoms with Crippen LogP contribution in [0.25, 0.3) is 0 Å². The van der Waals surface area contributed by atoms with E-state index in [0.29, 0.717) is 63.3 Å². The number of aliphatic hydroxyl groups excluding tert-OH is 13. The van der Waals surface area contributed by atoms with E-state index in [2.05, 4.69) is 41.5 Å². The molecule has 13 N–H and O–H groups in total. The van der Waals surface area contributed by atoms with Gasteiger partial charge in [0.2, 0.25) is 0 Å². The average Bonchev–Trinajstić information content (AvgIpc) is 0.884. The molecule has 772 valence electrons. The Morgan fingerprint density at radius 2 is 0.413 bits per heavy atom. The van der Waals surface area contributed by atoms with Gasteiger partial charge in [-0.1, -0.05) is 243 Å². The van der Waals surface area contributed by atoms with Gasteiger partial charge in [0, 0.05) is 11.8 Å². The van der Waals surface area contributed by atoms with Gasteiger partial charge in [0.25, 0.3) is 0 Å². The Kier molecular flexibility index (Phi) is 56.4. The van der Waals surface area contributed by atoms with E-state index in [1.54, 1.807) is 0 Å². The number of rotatable bonds is 41. The summed E-state index contributed by atoms with van der Waals surface area (Å²) in [4.78, 5) is 0. The van der Waals surface area contributed by atoms with E-state index < -0.39 is 36.6 Å². The van der Waals surface area contributed by atoms with Gasteiger partial charge in [-0.15, -0.1) is 0 Å². The summed E-state index contributed by atoms with van der Waals surface area (Å²) in [7, 11) is 0. The number of aliphatic hydroxyl groups is 13. The SMILES string of the molecule is CCC(O)c1cccc(OCC2CCCCC2)c1.CCC[C@@H](O)c1cccc(OC[C@@H]2CCCC[C@@H]2O)c1.CCC[C@@H](O)c1cccc(OC[C@@H]2CCC[C@@H](O)C2)c1.CCC[C@@H](O)c1cccc(OC[C@@H]2CCC[C@H](O)C2)c1.CCC[C@@H](O)c1cccc(OC[C@H]2CCCC[C@@H]2O)c1.CCC[C@@H](O)c1cccc(OC[C@H]2CCC[C@@H](O)C2)c1.CCC[C@@H](O)c1cccc(OC[C@H]2CCC[C@H](O)C2)c1. The van der Waals surface area contributed by atoms with Crippen LogP contribution < -0.4 is 33.2 Å². The maximum Gasteiger partial charge on any atom is 0.119 e. The second-order valence-corrected chi connectivity index (χ2v) is 40.4. The zero-order valence-electron chi connectivity index (χ0n) is 85.0. The van der Waals surface area contributed by atoms with E-state index in [9.17, 15) is 66.4 Å². The molecule has 1 unspecified atom stereocenters. The number of ether oxygens (including phenoxy) is 7. The van der Waals surface area contributed by atoms with Gasteiger partial charge in [0.1, 0.15) is 40.2 Å². The van der Waals surface area contributed by atoms with Crippen LogP contribution in [0.1, 0.15) is 400 Å². The summed E-state index contributed by atoms with van der Waals surface area (Å²) in [6, 6.07) is 54.2. The molecule has 19 atom stereocenters. The smallest absolute Gasteiger partial charge is 0.119 e. The molecule has 7 fully saturated rings. The third-order valence-electron chi connectivity index (χ3n) is 28.3. The van der Waals surface area contributed by atoms with Crippen LogP contribution in [-0.2, 0) is 0 Å². The van der Waals surface area contributed by atoms with E-state index in [4.69, 9.17) is 33.2 Å². The molecule has 14 rings (SSSR count). The summed E-state index contributed by atoms with van der Waals surface area (Å²) in [6.07, 6.45) is 38.4. The van der Waals surface area contributed by atoms with Crippen LogP contribution in [0, 0.1) is 41.4 Å². The fourth-order valence-corrected chi connectivity index (χ4v) is 19.8. The van der Waals surface area contributed by atoms with Gasteiger partial charge in [0.15, 0.2) is 0 Å². The van der Waals surface area contributed by atoms with E-state index in [0.717, 1.165) is 316 Å². The second-order valence-electron chi connectivity index (χ2n) is 40.4. The summed E-state index contributed by atoms with van der Waals surface area (Å²) in [5, 5.41) is 128. The van der Waals surface area contributed by atoms with Gasteiger partial charge in [-0.2, -0.15) is 0 Å². The quantitative estimate of drug-likeness (QED) is 0.0169.